The SMILES string of the molecule is CC/C=C\C/C=C\C/C=C\C/C=C\CCCCCCC(=O)OC(COC(=O)CCCCCCCC/C=C\C/C=C\C/C=C\CCCCC)COP(=O)(O)OCC(CO)OC(=O)CCCCCCC/C=C\CCCC. The van der Waals surface area contributed by atoms with E-state index in [-0.39, 0.29) is 25.9 Å². The largest absolute Gasteiger partial charge is 0.472 e. The minimum Gasteiger partial charge on any atom is -0.462 e. The quantitative estimate of drug-likeness (QED) is 0.0197. The molecule has 11 nitrogen and oxygen atoms in total. The summed E-state index contributed by atoms with van der Waals surface area (Å²) in [7, 11) is -4.76. The lowest BCUT2D eigenvalue weighted by atomic mass is 10.1. The predicted octanol–water partition coefficient (Wildman–Crippen LogP) is 17.3. The number of hydrogen-bond donors (Lipinski definition) is 2. The molecule has 0 saturated heterocycles. The topological polar surface area (TPSA) is 155 Å². The van der Waals surface area contributed by atoms with Gasteiger partial charge in [-0.05, 0) is 116 Å². The molecule has 0 aromatic rings. The van der Waals surface area contributed by atoms with Crippen molar-refractivity contribution >= 4 is 25.7 Å². The number of carbonyl (C=O) groups excluding carboxylic acids is 3. The predicted molar refractivity (Wildman–Crippen MR) is 307 cm³/mol. The van der Waals surface area contributed by atoms with Crippen LogP contribution in [0.25, 0.3) is 0 Å². The Kier molecular flexibility index (Phi) is 52.9. The Morgan fingerprint density at radius 1 is 0.392 bits per heavy atom. The first kappa shape index (κ1) is 70.4. The highest BCUT2D eigenvalue weighted by Crippen LogP contribution is 2.43. The Morgan fingerprint density at radius 2 is 0.716 bits per heavy atom. The van der Waals surface area contributed by atoms with Crippen molar-refractivity contribution < 1.29 is 52.2 Å². The average molecular weight is 1060 g/mol. The molecule has 0 spiro atoms. The van der Waals surface area contributed by atoms with Gasteiger partial charge in [-0.2, -0.15) is 0 Å². The monoisotopic (exact) mass is 1060 g/mol. The molecule has 0 amide bonds. The van der Waals surface area contributed by atoms with Gasteiger partial charge >= 0.3 is 25.7 Å². The summed E-state index contributed by atoms with van der Waals surface area (Å²) in [4.78, 5) is 48.5. The smallest absolute Gasteiger partial charge is 0.462 e. The number of phosphoric acid groups is 1. The number of phosphoric ester groups is 1. The summed E-state index contributed by atoms with van der Waals surface area (Å²) in [5.41, 5.74) is 0. The first-order chi connectivity index (χ1) is 36.2. The molecule has 74 heavy (non-hydrogen) atoms. The van der Waals surface area contributed by atoms with Gasteiger partial charge in [0.2, 0.25) is 0 Å². The molecule has 0 fully saturated rings. The zero-order valence-corrected chi connectivity index (χ0v) is 47.7. The highest BCUT2D eigenvalue weighted by Gasteiger charge is 2.28. The van der Waals surface area contributed by atoms with Crippen LogP contribution in [0.15, 0.2) is 97.2 Å². The molecule has 3 atom stereocenters. The highest BCUT2D eigenvalue weighted by atomic mass is 31.2. The van der Waals surface area contributed by atoms with Crippen LogP contribution < -0.4 is 0 Å². The normalized spacial score (nSPS) is 14.1. The number of allylic oxidation sites excluding steroid dienone is 16. The second kappa shape index (κ2) is 55.6. The number of rotatable bonds is 53. The van der Waals surface area contributed by atoms with Crippen molar-refractivity contribution in [3.63, 3.8) is 0 Å². The molecule has 0 saturated carbocycles. The first-order valence-corrected chi connectivity index (χ1v) is 30.6. The zero-order chi connectivity index (χ0) is 54.1. The highest BCUT2D eigenvalue weighted by molar-refractivity contribution is 7.47. The van der Waals surface area contributed by atoms with Crippen LogP contribution in [-0.4, -0.2) is 66.5 Å². The van der Waals surface area contributed by atoms with Crippen LogP contribution >= 0.6 is 7.82 Å². The van der Waals surface area contributed by atoms with Crippen LogP contribution in [0.5, 0.6) is 0 Å². The molecular weight excluding hydrogens is 952 g/mol. The molecule has 0 bridgehead atoms. The van der Waals surface area contributed by atoms with Gasteiger partial charge < -0.3 is 24.2 Å². The lowest BCUT2D eigenvalue weighted by molar-refractivity contribution is -0.161. The van der Waals surface area contributed by atoms with E-state index >= 15 is 0 Å². The number of carbonyl (C=O) groups is 3. The van der Waals surface area contributed by atoms with Crippen molar-refractivity contribution in [3.8, 4) is 0 Å². The van der Waals surface area contributed by atoms with E-state index in [9.17, 15) is 28.9 Å². The lowest BCUT2D eigenvalue weighted by Crippen LogP contribution is -2.30. The van der Waals surface area contributed by atoms with Crippen LogP contribution in [0, 0.1) is 0 Å². The number of aliphatic hydroxyl groups excluding tert-OH is 1. The van der Waals surface area contributed by atoms with Gasteiger partial charge in [0.05, 0.1) is 19.8 Å². The van der Waals surface area contributed by atoms with Gasteiger partial charge in [0, 0.05) is 19.3 Å². The molecule has 0 rings (SSSR count). The van der Waals surface area contributed by atoms with E-state index < -0.39 is 57.8 Å². The van der Waals surface area contributed by atoms with Crippen molar-refractivity contribution in [2.45, 2.75) is 251 Å². The molecule has 3 unspecified atom stereocenters. The van der Waals surface area contributed by atoms with E-state index in [1.165, 1.54) is 38.5 Å². The van der Waals surface area contributed by atoms with Crippen molar-refractivity contribution in [3.05, 3.63) is 97.2 Å². The van der Waals surface area contributed by atoms with Gasteiger partial charge in [0.1, 0.15) is 12.7 Å². The molecular formula is C62H105O11P. The summed E-state index contributed by atoms with van der Waals surface area (Å²) in [6.07, 6.45) is 65.1. The fourth-order valence-corrected chi connectivity index (χ4v) is 8.29. The second-order valence-corrected chi connectivity index (χ2v) is 20.5. The van der Waals surface area contributed by atoms with Gasteiger partial charge in [0.25, 0.3) is 0 Å². The van der Waals surface area contributed by atoms with Crippen LogP contribution in [0.3, 0.4) is 0 Å². The molecule has 0 aliphatic rings. The molecule has 0 aromatic heterocycles. The maximum Gasteiger partial charge on any atom is 0.472 e. The zero-order valence-electron chi connectivity index (χ0n) is 46.8. The fourth-order valence-electron chi connectivity index (χ4n) is 7.51. The minimum absolute atomic E-state index is 0.132. The fraction of sp³-hybridized carbons (Fsp3) is 0.694. The average Bonchev–Trinajstić information content (AvgIpc) is 3.39. The minimum atomic E-state index is -4.76. The lowest BCUT2D eigenvalue weighted by Gasteiger charge is -2.21. The maximum absolute atomic E-state index is 12.9. The third-order valence-electron chi connectivity index (χ3n) is 12.0. The van der Waals surface area contributed by atoms with Crippen LogP contribution in [-0.2, 0) is 42.2 Å². The Bertz CT molecular complexity index is 1610. The number of esters is 3. The number of aliphatic hydroxyl groups is 1. The van der Waals surface area contributed by atoms with E-state index in [4.69, 9.17) is 23.3 Å². The third kappa shape index (κ3) is 53.2. The van der Waals surface area contributed by atoms with Crippen LogP contribution in [0.4, 0.5) is 0 Å². The summed E-state index contributed by atoms with van der Waals surface area (Å²) in [5, 5.41) is 9.79. The summed E-state index contributed by atoms with van der Waals surface area (Å²) in [6.45, 7) is 4.41. The molecule has 0 aliphatic carbocycles. The van der Waals surface area contributed by atoms with Crippen molar-refractivity contribution in [2.75, 3.05) is 26.4 Å². The summed E-state index contributed by atoms with van der Waals surface area (Å²) in [6, 6.07) is 0. The Morgan fingerprint density at radius 3 is 1.14 bits per heavy atom. The van der Waals surface area contributed by atoms with Crippen molar-refractivity contribution in [1.82, 2.24) is 0 Å². The second-order valence-electron chi connectivity index (χ2n) is 19.1. The Hall–Kier alpha value is -3.60. The summed E-state index contributed by atoms with van der Waals surface area (Å²) < 4.78 is 39.5. The first-order valence-electron chi connectivity index (χ1n) is 29.1. The van der Waals surface area contributed by atoms with Crippen molar-refractivity contribution in [2.24, 2.45) is 0 Å². The van der Waals surface area contributed by atoms with Gasteiger partial charge in [-0.25, -0.2) is 4.57 Å². The van der Waals surface area contributed by atoms with E-state index in [0.29, 0.717) is 19.3 Å². The maximum atomic E-state index is 12.9. The molecule has 0 aliphatic heterocycles. The van der Waals surface area contributed by atoms with Crippen LogP contribution in [0.1, 0.15) is 239 Å². The number of ether oxygens (including phenoxy) is 3. The molecule has 0 aromatic carbocycles. The van der Waals surface area contributed by atoms with E-state index in [2.05, 4.69) is 118 Å². The Labute approximate surface area is 451 Å². The van der Waals surface area contributed by atoms with E-state index in [1.807, 2.05) is 0 Å². The third-order valence-corrected chi connectivity index (χ3v) is 12.9. The number of hydrogen-bond acceptors (Lipinski definition) is 10. The van der Waals surface area contributed by atoms with Gasteiger partial charge in [0.15, 0.2) is 6.10 Å². The molecule has 424 valence electrons. The van der Waals surface area contributed by atoms with Crippen molar-refractivity contribution in [1.29, 1.82) is 0 Å². The standard InChI is InChI=1S/C62H105O11P/c1-4-7-10-13-16-19-22-24-26-28-29-31-32-34-37-39-42-45-48-51-60(64)69-55-59(73-62(66)53-50-47-44-41-38-35-33-30-27-25-23-20-17-14-11-8-5-2)57-71-74(67,68)70-56-58(54-63)72-61(65)52-49-46-43-40-36-21-18-15-12-9-6-3/h8,11,15-20,24-27,29,31,33,35,58-59,63H,4-7,9-10,12-14,21-23,28,30,32,34,36-57H2,1-3H3,(H,67,68)/b11-8-,18-15-,19-16-,20-17-,26-24-,27-25-,31-29-,35-33-. The number of unbranched alkanes of at least 4 members (excludes halogenated alkanes) is 20. The summed E-state index contributed by atoms with van der Waals surface area (Å²) in [5.74, 6) is -1.52. The van der Waals surface area contributed by atoms with E-state index in [1.54, 1.807) is 0 Å². The Balaban J connectivity index is 4.80. The van der Waals surface area contributed by atoms with E-state index in [0.717, 1.165) is 141 Å². The van der Waals surface area contributed by atoms with Crippen LogP contribution in [0.2, 0.25) is 0 Å². The van der Waals surface area contributed by atoms with Gasteiger partial charge in [-0.1, -0.05) is 201 Å². The molecule has 12 heteroatoms. The van der Waals surface area contributed by atoms with Gasteiger partial charge in [-0.15, -0.1) is 0 Å². The van der Waals surface area contributed by atoms with Gasteiger partial charge in [-0.3, -0.25) is 23.4 Å². The molecule has 0 radical (unpaired) electrons. The molecule has 2 N–H and O–H groups in total. The molecule has 0 heterocycles. The summed E-state index contributed by atoms with van der Waals surface area (Å²) >= 11 is 0.